The summed E-state index contributed by atoms with van der Waals surface area (Å²) in [6.45, 7) is -0.444. The number of nitrogens with zero attached hydrogens (tertiary/aromatic N) is 1. The second-order valence-electron chi connectivity index (χ2n) is 2.39. The molecule has 0 bridgehead atoms. The van der Waals surface area contributed by atoms with E-state index in [4.69, 9.17) is 5.11 Å². The van der Waals surface area contributed by atoms with E-state index in [1.807, 2.05) is 0 Å². The van der Waals surface area contributed by atoms with Crippen molar-refractivity contribution < 1.29 is 18.7 Å². The first-order chi connectivity index (χ1) is 6.57. The molecule has 1 aromatic carbocycles. The minimum atomic E-state index is -0.971. The molecule has 0 saturated heterocycles. The molecular formula is C8H4BrF2NO2. The van der Waals surface area contributed by atoms with Crippen LogP contribution in [0.3, 0.4) is 0 Å². The highest BCUT2D eigenvalue weighted by Gasteiger charge is 2.15. The maximum Gasteiger partial charge on any atom is 0.235 e. The van der Waals surface area contributed by atoms with Crippen molar-refractivity contribution in [2.75, 3.05) is 0 Å². The Labute approximate surface area is 86.2 Å². The van der Waals surface area contributed by atoms with Gasteiger partial charge in [0.2, 0.25) is 6.08 Å². The van der Waals surface area contributed by atoms with Crippen molar-refractivity contribution in [3.63, 3.8) is 0 Å². The van der Waals surface area contributed by atoms with Gasteiger partial charge in [-0.15, -0.1) is 0 Å². The minimum absolute atomic E-state index is 0.255. The number of isocyanates is 1. The van der Waals surface area contributed by atoms with E-state index in [-0.39, 0.29) is 4.47 Å². The third-order valence-corrected chi connectivity index (χ3v) is 2.29. The summed E-state index contributed by atoms with van der Waals surface area (Å²) in [5.41, 5.74) is -0.391. The first-order valence-electron chi connectivity index (χ1n) is 3.47. The van der Waals surface area contributed by atoms with Crippen molar-refractivity contribution in [3.05, 3.63) is 27.7 Å². The molecule has 14 heavy (non-hydrogen) atoms. The van der Waals surface area contributed by atoms with Crippen LogP contribution < -0.4 is 0 Å². The van der Waals surface area contributed by atoms with Crippen LogP contribution in [0.4, 0.5) is 8.78 Å². The van der Waals surface area contributed by atoms with Crippen LogP contribution in [0.5, 0.6) is 5.75 Å². The fourth-order valence-corrected chi connectivity index (χ4v) is 1.23. The molecule has 6 heteroatoms. The Balaban J connectivity index is 3.28. The van der Waals surface area contributed by atoms with Crippen molar-refractivity contribution in [1.29, 1.82) is 0 Å². The maximum absolute atomic E-state index is 13.2. The van der Waals surface area contributed by atoms with E-state index in [2.05, 4.69) is 20.9 Å². The van der Waals surface area contributed by atoms with Crippen LogP contribution in [-0.2, 0) is 11.3 Å². The van der Waals surface area contributed by atoms with Gasteiger partial charge in [0.25, 0.3) is 0 Å². The number of hydrogen-bond acceptors (Lipinski definition) is 3. The van der Waals surface area contributed by atoms with Crippen LogP contribution in [0.1, 0.15) is 5.56 Å². The molecule has 1 aromatic rings. The molecule has 1 rings (SSSR count). The van der Waals surface area contributed by atoms with Crippen molar-refractivity contribution in [2.24, 2.45) is 4.99 Å². The number of aromatic hydroxyl groups is 1. The summed E-state index contributed by atoms with van der Waals surface area (Å²) in [6, 6.07) is 0.739. The van der Waals surface area contributed by atoms with Crippen molar-refractivity contribution in [1.82, 2.24) is 0 Å². The highest BCUT2D eigenvalue weighted by molar-refractivity contribution is 9.10. The summed E-state index contributed by atoms with van der Waals surface area (Å²) in [6.07, 6.45) is 1.17. The lowest BCUT2D eigenvalue weighted by Gasteiger charge is -2.04. The highest BCUT2D eigenvalue weighted by atomic mass is 79.9. The summed E-state index contributed by atoms with van der Waals surface area (Å²) in [5.74, 6) is -2.47. The second-order valence-corrected chi connectivity index (χ2v) is 3.18. The predicted octanol–water partition coefficient (Wildman–Crippen LogP) is 2.27. The zero-order valence-corrected chi connectivity index (χ0v) is 8.31. The Morgan fingerprint density at radius 3 is 2.79 bits per heavy atom. The predicted molar refractivity (Wildman–Crippen MR) is 47.5 cm³/mol. The van der Waals surface area contributed by atoms with Gasteiger partial charge in [0.05, 0.1) is 11.0 Å². The number of rotatable bonds is 2. The number of benzene rings is 1. The first kappa shape index (κ1) is 10.8. The van der Waals surface area contributed by atoms with Gasteiger partial charge >= 0.3 is 0 Å². The molecule has 1 N–H and O–H groups in total. The normalized spacial score (nSPS) is 9.64. The maximum atomic E-state index is 13.2. The Hall–Kier alpha value is -1.26. The van der Waals surface area contributed by atoms with Crippen LogP contribution in [0.2, 0.25) is 0 Å². The molecule has 0 atom stereocenters. The molecular weight excluding hydrogens is 260 g/mol. The van der Waals surface area contributed by atoms with Gasteiger partial charge in [0, 0.05) is 11.6 Å². The van der Waals surface area contributed by atoms with E-state index < -0.39 is 29.5 Å². The third kappa shape index (κ3) is 1.97. The Morgan fingerprint density at radius 2 is 2.21 bits per heavy atom. The molecule has 0 radical (unpaired) electrons. The average Bonchev–Trinajstić information content (AvgIpc) is 2.14. The Bertz CT molecular complexity index is 416. The fraction of sp³-hybridized carbons (Fsp3) is 0.125. The number of carbonyl (C=O) groups excluding carboxylic acids is 1. The number of phenolic OH excluding ortho intramolecular Hbond substituents is 1. The van der Waals surface area contributed by atoms with Gasteiger partial charge < -0.3 is 5.11 Å². The van der Waals surface area contributed by atoms with Crippen molar-refractivity contribution >= 4 is 22.0 Å². The van der Waals surface area contributed by atoms with Gasteiger partial charge in [0.1, 0.15) is 17.4 Å². The Morgan fingerprint density at radius 1 is 1.57 bits per heavy atom. The smallest absolute Gasteiger partial charge is 0.235 e. The van der Waals surface area contributed by atoms with Gasteiger partial charge in [-0.05, 0) is 15.9 Å². The number of phenols is 1. The van der Waals surface area contributed by atoms with Gasteiger partial charge in [-0.2, -0.15) is 0 Å². The minimum Gasteiger partial charge on any atom is -0.507 e. The lowest BCUT2D eigenvalue weighted by Crippen LogP contribution is -1.95. The zero-order chi connectivity index (χ0) is 10.7. The van der Waals surface area contributed by atoms with E-state index in [9.17, 15) is 13.6 Å². The van der Waals surface area contributed by atoms with E-state index in [0.717, 1.165) is 6.07 Å². The molecule has 0 aliphatic heterocycles. The van der Waals surface area contributed by atoms with Gasteiger partial charge in [-0.25, -0.2) is 18.6 Å². The zero-order valence-electron chi connectivity index (χ0n) is 6.72. The molecule has 0 heterocycles. The molecule has 0 saturated carbocycles. The summed E-state index contributed by atoms with van der Waals surface area (Å²) < 4.78 is 26.0. The first-order valence-corrected chi connectivity index (χ1v) is 4.26. The summed E-state index contributed by atoms with van der Waals surface area (Å²) in [7, 11) is 0. The standard InChI is InChI=1S/C8H4BrF2NO2/c9-7-6(14)1-5(10)4(8(7)11)2-12-3-13/h1,14H,2H2. The van der Waals surface area contributed by atoms with Crippen LogP contribution in [0.25, 0.3) is 0 Å². The molecule has 0 fully saturated rings. The fourth-order valence-electron chi connectivity index (χ4n) is 0.877. The van der Waals surface area contributed by atoms with E-state index in [1.54, 1.807) is 0 Å². The summed E-state index contributed by atoms with van der Waals surface area (Å²) in [4.78, 5) is 12.8. The van der Waals surface area contributed by atoms with Gasteiger partial charge in [-0.3, -0.25) is 0 Å². The molecule has 0 amide bonds. The third-order valence-electron chi connectivity index (χ3n) is 1.54. The summed E-state index contributed by atoms with van der Waals surface area (Å²) >= 11 is 2.72. The highest BCUT2D eigenvalue weighted by Crippen LogP contribution is 2.31. The average molecular weight is 264 g/mol. The summed E-state index contributed by atoms with van der Waals surface area (Å²) in [5, 5.41) is 9.00. The van der Waals surface area contributed by atoms with Crippen molar-refractivity contribution in [2.45, 2.75) is 6.54 Å². The molecule has 74 valence electrons. The van der Waals surface area contributed by atoms with Gasteiger partial charge in [0.15, 0.2) is 0 Å². The molecule has 0 unspecified atom stereocenters. The quantitative estimate of drug-likeness (QED) is 0.506. The van der Waals surface area contributed by atoms with E-state index in [0.29, 0.717) is 0 Å². The SMILES string of the molecule is O=C=NCc1c(F)cc(O)c(Br)c1F. The molecule has 0 aliphatic rings. The van der Waals surface area contributed by atoms with Crippen molar-refractivity contribution in [3.8, 4) is 5.75 Å². The monoisotopic (exact) mass is 263 g/mol. The molecule has 0 aromatic heterocycles. The van der Waals surface area contributed by atoms with Gasteiger partial charge in [-0.1, -0.05) is 0 Å². The lowest BCUT2D eigenvalue weighted by molar-refractivity contribution is 0.451. The topological polar surface area (TPSA) is 49.7 Å². The van der Waals surface area contributed by atoms with Crippen LogP contribution in [0, 0.1) is 11.6 Å². The van der Waals surface area contributed by atoms with Crippen LogP contribution in [-0.4, -0.2) is 11.2 Å². The molecule has 0 spiro atoms. The number of halogens is 3. The lowest BCUT2D eigenvalue weighted by atomic mass is 10.2. The van der Waals surface area contributed by atoms with Crippen LogP contribution >= 0.6 is 15.9 Å². The largest absolute Gasteiger partial charge is 0.507 e. The van der Waals surface area contributed by atoms with E-state index >= 15 is 0 Å². The number of hydrogen-bond donors (Lipinski definition) is 1. The van der Waals surface area contributed by atoms with Crippen LogP contribution in [0.15, 0.2) is 15.5 Å². The molecule has 3 nitrogen and oxygen atoms in total. The molecule has 0 aliphatic carbocycles. The second kappa shape index (κ2) is 4.30. The number of aliphatic imine (C=N–C) groups is 1. The Kier molecular flexibility index (Phi) is 3.33. The van der Waals surface area contributed by atoms with E-state index in [1.165, 1.54) is 6.08 Å².